The van der Waals surface area contributed by atoms with Gasteiger partial charge in [-0.25, -0.2) is 0 Å². The molecule has 1 heterocycles. The van der Waals surface area contributed by atoms with Crippen LogP contribution in [0.1, 0.15) is 19.8 Å². The number of primary amides is 1. The minimum Gasteiger partial charge on any atom is -0.383 e. The van der Waals surface area contributed by atoms with Gasteiger partial charge in [0.2, 0.25) is 5.91 Å². The maximum Gasteiger partial charge on any atom is 0.282 e. The molecule has 1 aliphatic rings. The molecular formula is C11H23N3O4S. The van der Waals surface area contributed by atoms with Crippen molar-refractivity contribution in [1.29, 1.82) is 0 Å². The number of carbonyl (C=O) groups is 1. The summed E-state index contributed by atoms with van der Waals surface area (Å²) in [5.41, 5.74) is 5.11. The predicted molar refractivity (Wildman–Crippen MR) is 71.5 cm³/mol. The van der Waals surface area contributed by atoms with Crippen LogP contribution in [0, 0.1) is 5.92 Å². The first-order valence-electron chi connectivity index (χ1n) is 6.40. The number of hydrogen-bond donors (Lipinski definition) is 1. The Bertz CT molecular complexity index is 399. The van der Waals surface area contributed by atoms with Crippen molar-refractivity contribution in [2.24, 2.45) is 11.7 Å². The number of rotatable bonds is 7. The normalized spacial score (nSPS) is 21.7. The highest BCUT2D eigenvalue weighted by atomic mass is 32.2. The smallest absolute Gasteiger partial charge is 0.282 e. The van der Waals surface area contributed by atoms with E-state index in [0.29, 0.717) is 19.0 Å². The van der Waals surface area contributed by atoms with Crippen molar-refractivity contribution < 1.29 is 17.9 Å². The van der Waals surface area contributed by atoms with Crippen LogP contribution < -0.4 is 5.73 Å². The number of ether oxygens (including phenoxy) is 1. The second-order valence-corrected chi connectivity index (χ2v) is 6.83. The summed E-state index contributed by atoms with van der Waals surface area (Å²) in [4.78, 5) is 11.0. The molecule has 1 rings (SSSR count). The van der Waals surface area contributed by atoms with Gasteiger partial charge in [-0.05, 0) is 18.8 Å². The van der Waals surface area contributed by atoms with Crippen LogP contribution in [0.25, 0.3) is 0 Å². The Hall–Kier alpha value is -0.700. The third-order valence-corrected chi connectivity index (χ3v) is 5.10. The highest BCUT2D eigenvalue weighted by molar-refractivity contribution is 7.86. The average molecular weight is 293 g/mol. The quantitative estimate of drug-likeness (QED) is 0.678. The summed E-state index contributed by atoms with van der Waals surface area (Å²) in [7, 11) is -2.15. The summed E-state index contributed by atoms with van der Waals surface area (Å²) in [6.07, 6.45) is 1.87. The molecule has 19 heavy (non-hydrogen) atoms. The summed E-state index contributed by atoms with van der Waals surface area (Å²) < 4.78 is 32.3. The standard InChI is InChI=1S/C11H23N3O4S/c1-10-4-3-5-13(8-10)19(16,17)14(6-7-18-2)9-11(12)15/h10H,3-9H2,1-2H3,(H2,12,15)/t10-/m1/s1. The van der Waals surface area contributed by atoms with Crippen molar-refractivity contribution in [1.82, 2.24) is 8.61 Å². The van der Waals surface area contributed by atoms with Crippen LogP contribution in [-0.4, -0.2) is 62.8 Å². The molecule has 1 amide bonds. The highest BCUT2D eigenvalue weighted by Crippen LogP contribution is 2.20. The van der Waals surface area contributed by atoms with Crippen molar-refractivity contribution in [2.75, 3.05) is 39.9 Å². The number of nitrogens with zero attached hydrogens (tertiary/aromatic N) is 2. The second-order valence-electron chi connectivity index (χ2n) is 4.91. The number of piperidine rings is 1. The maximum atomic E-state index is 12.5. The largest absolute Gasteiger partial charge is 0.383 e. The molecule has 0 saturated carbocycles. The van der Waals surface area contributed by atoms with Crippen molar-refractivity contribution in [3.8, 4) is 0 Å². The predicted octanol–water partition coefficient (Wildman–Crippen LogP) is -0.603. The zero-order valence-electron chi connectivity index (χ0n) is 11.5. The van der Waals surface area contributed by atoms with Gasteiger partial charge in [0, 0.05) is 26.7 Å². The van der Waals surface area contributed by atoms with Gasteiger partial charge in [0.25, 0.3) is 10.2 Å². The zero-order valence-corrected chi connectivity index (χ0v) is 12.4. The van der Waals surface area contributed by atoms with Crippen LogP contribution in [-0.2, 0) is 19.7 Å². The lowest BCUT2D eigenvalue weighted by molar-refractivity contribution is -0.118. The summed E-state index contributed by atoms with van der Waals surface area (Å²) in [5.74, 6) is -0.328. The lowest BCUT2D eigenvalue weighted by Gasteiger charge is -2.34. The zero-order chi connectivity index (χ0) is 14.5. The van der Waals surface area contributed by atoms with Crippen LogP contribution in [0.3, 0.4) is 0 Å². The molecule has 0 aromatic rings. The van der Waals surface area contributed by atoms with E-state index in [1.807, 2.05) is 6.92 Å². The Balaban J connectivity index is 2.81. The Labute approximate surface area is 114 Å². The molecule has 8 heteroatoms. The Morgan fingerprint density at radius 3 is 2.74 bits per heavy atom. The molecule has 7 nitrogen and oxygen atoms in total. The molecule has 1 aliphatic heterocycles. The van der Waals surface area contributed by atoms with Crippen molar-refractivity contribution in [3.63, 3.8) is 0 Å². The van der Waals surface area contributed by atoms with Gasteiger partial charge in [0.15, 0.2) is 0 Å². The number of methoxy groups -OCH3 is 1. The summed E-state index contributed by atoms with van der Waals surface area (Å²) in [6, 6.07) is 0. The van der Waals surface area contributed by atoms with Crippen LogP contribution in [0.2, 0.25) is 0 Å². The molecule has 0 radical (unpaired) electrons. The van der Waals surface area contributed by atoms with E-state index in [2.05, 4.69) is 0 Å². The average Bonchev–Trinajstić information content (AvgIpc) is 2.34. The van der Waals surface area contributed by atoms with E-state index in [9.17, 15) is 13.2 Å². The number of amides is 1. The maximum absolute atomic E-state index is 12.5. The van der Waals surface area contributed by atoms with Crippen molar-refractivity contribution in [3.05, 3.63) is 0 Å². The van der Waals surface area contributed by atoms with Gasteiger partial charge in [0.05, 0.1) is 13.2 Å². The SMILES string of the molecule is COCCN(CC(N)=O)S(=O)(=O)N1CCC[C@@H](C)C1. The topological polar surface area (TPSA) is 92.9 Å². The lowest BCUT2D eigenvalue weighted by Crippen LogP contribution is -2.50. The number of hydrogen-bond acceptors (Lipinski definition) is 4. The van der Waals surface area contributed by atoms with Gasteiger partial charge in [-0.3, -0.25) is 4.79 Å². The van der Waals surface area contributed by atoms with Crippen LogP contribution >= 0.6 is 0 Å². The van der Waals surface area contributed by atoms with E-state index < -0.39 is 16.1 Å². The molecule has 0 aliphatic carbocycles. The Kier molecular flexibility index (Phi) is 6.18. The Morgan fingerprint density at radius 2 is 2.21 bits per heavy atom. The molecule has 0 spiro atoms. The van der Waals surface area contributed by atoms with Crippen molar-refractivity contribution >= 4 is 16.1 Å². The number of nitrogens with two attached hydrogens (primary N) is 1. The van der Waals surface area contributed by atoms with Crippen LogP contribution in [0.4, 0.5) is 0 Å². The Morgan fingerprint density at radius 1 is 1.53 bits per heavy atom. The first kappa shape index (κ1) is 16.4. The van der Waals surface area contributed by atoms with Gasteiger partial charge in [0.1, 0.15) is 0 Å². The molecular weight excluding hydrogens is 270 g/mol. The van der Waals surface area contributed by atoms with Gasteiger partial charge < -0.3 is 10.5 Å². The fourth-order valence-electron chi connectivity index (χ4n) is 2.16. The third-order valence-electron chi connectivity index (χ3n) is 3.15. The van der Waals surface area contributed by atoms with E-state index in [4.69, 9.17) is 10.5 Å². The highest BCUT2D eigenvalue weighted by Gasteiger charge is 2.33. The van der Waals surface area contributed by atoms with Crippen molar-refractivity contribution in [2.45, 2.75) is 19.8 Å². The molecule has 1 atom stereocenters. The molecule has 112 valence electrons. The van der Waals surface area contributed by atoms with E-state index in [1.165, 1.54) is 11.4 Å². The fourth-order valence-corrected chi connectivity index (χ4v) is 3.89. The molecule has 0 bridgehead atoms. The summed E-state index contributed by atoms with van der Waals surface area (Å²) in [6.45, 7) is 3.06. The van der Waals surface area contributed by atoms with E-state index in [1.54, 1.807) is 0 Å². The summed E-state index contributed by atoms with van der Waals surface area (Å²) >= 11 is 0. The summed E-state index contributed by atoms with van der Waals surface area (Å²) in [5, 5.41) is 0. The molecule has 0 aromatic carbocycles. The minimum atomic E-state index is -3.64. The lowest BCUT2D eigenvalue weighted by atomic mass is 10.0. The van der Waals surface area contributed by atoms with Gasteiger partial charge in [-0.2, -0.15) is 17.0 Å². The van der Waals surface area contributed by atoms with Crippen LogP contribution in [0.15, 0.2) is 0 Å². The minimum absolute atomic E-state index is 0.132. The molecule has 0 unspecified atom stereocenters. The van der Waals surface area contributed by atoms with Gasteiger partial charge in [-0.1, -0.05) is 6.92 Å². The van der Waals surface area contributed by atoms with Gasteiger partial charge >= 0.3 is 0 Å². The first-order chi connectivity index (χ1) is 8.87. The van der Waals surface area contributed by atoms with E-state index in [0.717, 1.165) is 17.1 Å². The third kappa shape index (κ3) is 4.72. The van der Waals surface area contributed by atoms with Crippen LogP contribution in [0.5, 0.6) is 0 Å². The second kappa shape index (κ2) is 7.18. The molecule has 0 aromatic heterocycles. The molecule has 1 fully saturated rings. The monoisotopic (exact) mass is 293 g/mol. The fraction of sp³-hybridized carbons (Fsp3) is 0.909. The van der Waals surface area contributed by atoms with E-state index >= 15 is 0 Å². The number of carbonyl (C=O) groups excluding carboxylic acids is 1. The molecule has 2 N–H and O–H groups in total. The van der Waals surface area contributed by atoms with Gasteiger partial charge in [-0.15, -0.1) is 0 Å². The first-order valence-corrected chi connectivity index (χ1v) is 7.80. The van der Waals surface area contributed by atoms with E-state index in [-0.39, 0.29) is 19.7 Å². The molecule has 1 saturated heterocycles.